The maximum absolute atomic E-state index is 13.0. The van der Waals surface area contributed by atoms with Crippen LogP contribution in [0.4, 0.5) is 13.2 Å². The number of hydrogen-bond donors (Lipinski definition) is 0. The van der Waals surface area contributed by atoms with E-state index in [0.29, 0.717) is 50.8 Å². The van der Waals surface area contributed by atoms with E-state index >= 15 is 0 Å². The predicted molar refractivity (Wildman–Crippen MR) is 113 cm³/mol. The summed E-state index contributed by atoms with van der Waals surface area (Å²) in [4.78, 5) is 21.1. The first-order valence-electron chi connectivity index (χ1n) is 10.4. The first kappa shape index (κ1) is 22.9. The molecule has 2 aromatic carbocycles. The number of benzene rings is 2. The molecule has 3 aromatic rings. The minimum atomic E-state index is -4.44. The van der Waals surface area contributed by atoms with E-state index in [1.165, 1.54) is 12.1 Å². The molecule has 33 heavy (non-hydrogen) atoms. The molecule has 0 unspecified atom stereocenters. The van der Waals surface area contributed by atoms with Gasteiger partial charge in [-0.05, 0) is 23.8 Å². The fourth-order valence-electron chi connectivity index (χ4n) is 3.75. The van der Waals surface area contributed by atoms with Gasteiger partial charge >= 0.3 is 6.18 Å². The second kappa shape index (κ2) is 9.72. The van der Waals surface area contributed by atoms with Crippen molar-refractivity contribution in [3.8, 4) is 11.4 Å². The van der Waals surface area contributed by atoms with Crippen molar-refractivity contribution in [2.75, 3.05) is 33.3 Å². The van der Waals surface area contributed by atoms with Gasteiger partial charge in [-0.15, -0.1) is 0 Å². The number of hydrogen-bond acceptors (Lipinski definition) is 6. The van der Waals surface area contributed by atoms with Crippen LogP contribution in [-0.2, 0) is 24.1 Å². The van der Waals surface area contributed by atoms with Gasteiger partial charge in [0.25, 0.3) is 5.91 Å². The Bertz CT molecular complexity index is 1110. The zero-order valence-corrected chi connectivity index (χ0v) is 18.0. The van der Waals surface area contributed by atoms with Gasteiger partial charge in [0.1, 0.15) is 0 Å². The molecule has 174 valence electrons. The van der Waals surface area contributed by atoms with Crippen LogP contribution in [0.3, 0.4) is 0 Å². The number of halogens is 3. The first-order chi connectivity index (χ1) is 15.8. The summed E-state index contributed by atoms with van der Waals surface area (Å²) in [6.07, 6.45) is -4.44. The smallest absolute Gasteiger partial charge is 0.380 e. The molecule has 0 radical (unpaired) electrons. The number of rotatable bonds is 6. The molecule has 0 saturated carbocycles. The van der Waals surface area contributed by atoms with Crippen LogP contribution in [0, 0.1) is 0 Å². The van der Waals surface area contributed by atoms with Crippen molar-refractivity contribution >= 4 is 5.91 Å². The molecule has 0 spiro atoms. The van der Waals surface area contributed by atoms with Crippen LogP contribution in [0.25, 0.3) is 11.4 Å². The van der Waals surface area contributed by atoms with E-state index in [4.69, 9.17) is 9.26 Å². The van der Waals surface area contributed by atoms with Crippen LogP contribution < -0.4 is 0 Å². The lowest BCUT2D eigenvalue weighted by molar-refractivity contribution is -0.137. The molecule has 0 bridgehead atoms. The zero-order chi connectivity index (χ0) is 23.4. The highest BCUT2D eigenvalue weighted by Crippen LogP contribution is 2.31. The van der Waals surface area contributed by atoms with Gasteiger partial charge in [0.05, 0.1) is 18.7 Å². The number of alkyl halides is 3. The summed E-state index contributed by atoms with van der Waals surface area (Å²) in [6.45, 7) is 3.02. The molecule has 0 aliphatic carbocycles. The molecule has 7 nitrogen and oxygen atoms in total. The summed E-state index contributed by atoms with van der Waals surface area (Å²) < 4.78 is 49.3. The highest BCUT2D eigenvalue weighted by molar-refractivity contribution is 5.95. The second-order valence-corrected chi connectivity index (χ2v) is 7.75. The molecule has 1 aliphatic rings. The average molecular weight is 460 g/mol. The van der Waals surface area contributed by atoms with Crippen molar-refractivity contribution in [3.63, 3.8) is 0 Å². The maximum Gasteiger partial charge on any atom is 0.416 e. The summed E-state index contributed by atoms with van der Waals surface area (Å²) in [5, 5.41) is 3.83. The van der Waals surface area contributed by atoms with Gasteiger partial charge in [-0.25, -0.2) is 0 Å². The Morgan fingerprint density at radius 3 is 2.58 bits per heavy atom. The Morgan fingerprint density at radius 2 is 1.85 bits per heavy atom. The number of methoxy groups -OCH3 is 1. The van der Waals surface area contributed by atoms with Crippen LogP contribution in [-0.4, -0.2) is 59.1 Å². The molecule has 0 N–H and O–H groups in total. The Labute approximate surface area is 188 Å². The molecule has 1 saturated heterocycles. The summed E-state index contributed by atoms with van der Waals surface area (Å²) in [6, 6.07) is 12.2. The summed E-state index contributed by atoms with van der Waals surface area (Å²) in [7, 11) is 1.59. The third-order valence-electron chi connectivity index (χ3n) is 5.48. The van der Waals surface area contributed by atoms with Gasteiger partial charge in [0.2, 0.25) is 11.7 Å². The number of nitrogens with zero attached hydrogens (tertiary/aromatic N) is 4. The number of aromatic nitrogens is 2. The highest BCUT2D eigenvalue weighted by atomic mass is 19.4. The first-order valence-corrected chi connectivity index (χ1v) is 10.4. The summed E-state index contributed by atoms with van der Waals surface area (Å²) >= 11 is 0. The van der Waals surface area contributed by atoms with E-state index < -0.39 is 11.7 Å². The van der Waals surface area contributed by atoms with Gasteiger partial charge in [0.15, 0.2) is 0 Å². The van der Waals surface area contributed by atoms with E-state index in [9.17, 15) is 18.0 Å². The number of carbonyl (C=O) groups excluding carboxylic acids is 1. The second-order valence-electron chi connectivity index (χ2n) is 7.75. The van der Waals surface area contributed by atoms with Crippen LogP contribution in [0.2, 0.25) is 0 Å². The fraction of sp³-hybridized carbons (Fsp3) is 0.348. The minimum Gasteiger partial charge on any atom is -0.380 e. The van der Waals surface area contributed by atoms with Crippen molar-refractivity contribution in [2.45, 2.75) is 19.3 Å². The third kappa shape index (κ3) is 5.40. The molecule has 2 heterocycles. The van der Waals surface area contributed by atoms with E-state index in [1.807, 2.05) is 18.2 Å². The minimum absolute atomic E-state index is 0.0353. The van der Waals surface area contributed by atoms with Crippen LogP contribution in [0.5, 0.6) is 0 Å². The van der Waals surface area contributed by atoms with Gasteiger partial charge in [-0.3, -0.25) is 9.69 Å². The average Bonchev–Trinajstić information content (AvgIpc) is 3.28. The van der Waals surface area contributed by atoms with Gasteiger partial charge in [-0.2, -0.15) is 18.2 Å². The normalized spacial score (nSPS) is 15.1. The Balaban J connectivity index is 1.36. The van der Waals surface area contributed by atoms with Gasteiger partial charge in [0, 0.05) is 44.4 Å². The number of amides is 1. The van der Waals surface area contributed by atoms with E-state index in [-0.39, 0.29) is 17.3 Å². The van der Waals surface area contributed by atoms with Crippen LogP contribution in [0.1, 0.15) is 27.4 Å². The van der Waals surface area contributed by atoms with Crippen LogP contribution in [0.15, 0.2) is 53.1 Å². The lowest BCUT2D eigenvalue weighted by Gasteiger charge is -2.34. The molecular formula is C23H23F3N4O3. The molecule has 1 aromatic heterocycles. The number of ether oxygens (including phenoxy) is 1. The molecule has 4 rings (SSSR count). The monoisotopic (exact) mass is 460 g/mol. The van der Waals surface area contributed by atoms with Crippen molar-refractivity contribution < 1.29 is 27.2 Å². The zero-order valence-electron chi connectivity index (χ0n) is 18.0. The van der Waals surface area contributed by atoms with Crippen molar-refractivity contribution in [1.82, 2.24) is 19.9 Å². The summed E-state index contributed by atoms with van der Waals surface area (Å²) in [5.74, 6) is 0.388. The van der Waals surface area contributed by atoms with Crippen molar-refractivity contribution in [2.24, 2.45) is 0 Å². The third-order valence-corrected chi connectivity index (χ3v) is 5.48. The molecule has 1 aliphatic heterocycles. The topological polar surface area (TPSA) is 71.7 Å². The lowest BCUT2D eigenvalue weighted by atomic mass is 10.1. The standard InChI is InChI=1S/C23H23F3N4O3/c1-32-15-17-5-2-3-8-19(17)22(31)30-11-9-29(10-12-30)14-20-27-21(28-33-20)16-6-4-7-18(13-16)23(24,25)26/h2-8,13H,9-12,14-15H2,1H3. The maximum atomic E-state index is 13.0. The largest absolute Gasteiger partial charge is 0.416 e. The SMILES string of the molecule is COCc1ccccc1C(=O)N1CCN(Cc2nc(-c3cccc(C(F)(F)F)c3)no2)CC1. The number of piperazine rings is 1. The quantitative estimate of drug-likeness (QED) is 0.556. The van der Waals surface area contributed by atoms with E-state index in [1.54, 1.807) is 18.1 Å². The molecule has 0 atom stereocenters. The highest BCUT2D eigenvalue weighted by Gasteiger charge is 2.31. The van der Waals surface area contributed by atoms with Crippen LogP contribution >= 0.6 is 0 Å². The lowest BCUT2D eigenvalue weighted by Crippen LogP contribution is -2.48. The fourth-order valence-corrected chi connectivity index (χ4v) is 3.75. The Kier molecular flexibility index (Phi) is 6.75. The van der Waals surface area contributed by atoms with Crippen molar-refractivity contribution in [1.29, 1.82) is 0 Å². The van der Waals surface area contributed by atoms with E-state index in [0.717, 1.165) is 17.7 Å². The predicted octanol–water partition coefficient (Wildman–Crippen LogP) is 3.86. The summed E-state index contributed by atoms with van der Waals surface area (Å²) in [5.41, 5.74) is 0.958. The molecule has 10 heteroatoms. The van der Waals surface area contributed by atoms with E-state index in [2.05, 4.69) is 15.0 Å². The Morgan fingerprint density at radius 1 is 1.09 bits per heavy atom. The van der Waals surface area contributed by atoms with Gasteiger partial charge < -0.3 is 14.2 Å². The molecular weight excluding hydrogens is 437 g/mol. The molecule has 1 amide bonds. The van der Waals surface area contributed by atoms with Gasteiger partial charge in [-0.1, -0.05) is 35.5 Å². The van der Waals surface area contributed by atoms with Crippen molar-refractivity contribution in [3.05, 3.63) is 71.1 Å². The number of carbonyl (C=O) groups is 1. The molecule has 1 fully saturated rings. The Hall–Kier alpha value is -3.24.